The second-order valence-electron chi connectivity index (χ2n) is 8.80. The quantitative estimate of drug-likeness (QED) is 0.495. The molecule has 9 nitrogen and oxygen atoms in total. The molecular formula is C27H27N5O4S. The average Bonchev–Trinajstić information content (AvgIpc) is 3.43. The van der Waals surface area contributed by atoms with Gasteiger partial charge in [-0.05, 0) is 34.9 Å². The van der Waals surface area contributed by atoms with E-state index >= 15 is 0 Å². The second kappa shape index (κ2) is 11.4. The summed E-state index contributed by atoms with van der Waals surface area (Å²) in [6.45, 7) is 2.82. The summed E-state index contributed by atoms with van der Waals surface area (Å²) in [4.78, 5) is 47.8. The Balaban J connectivity index is 1.13. The van der Waals surface area contributed by atoms with Gasteiger partial charge in [-0.15, -0.1) is 0 Å². The van der Waals surface area contributed by atoms with Gasteiger partial charge in [-0.2, -0.15) is 11.8 Å². The molecule has 1 fully saturated rings. The van der Waals surface area contributed by atoms with Crippen LogP contribution in [-0.2, 0) is 19.5 Å². The van der Waals surface area contributed by atoms with Gasteiger partial charge in [-0.1, -0.05) is 24.3 Å². The fourth-order valence-electron chi connectivity index (χ4n) is 4.22. The molecule has 2 aliphatic rings. The van der Waals surface area contributed by atoms with Gasteiger partial charge in [0.05, 0.1) is 6.61 Å². The van der Waals surface area contributed by atoms with Crippen LogP contribution in [0.3, 0.4) is 0 Å². The van der Waals surface area contributed by atoms with Crippen molar-refractivity contribution >= 4 is 29.5 Å². The number of carbonyl (C=O) groups is 3. The zero-order valence-corrected chi connectivity index (χ0v) is 21.1. The standard InChI is InChI=1S/C27H27N5O4S/c33-25(28-15-18-1-4-20(5-2-18)27(35)32-8-11-37-12-9-32)22-14-23(31-17-30-22)26(34)29-16-19-3-6-24-21(13-19)7-10-36-24/h1-6,13-14,17H,7-12,15-16H2,(H,28,33)(H,29,34). The van der Waals surface area contributed by atoms with Crippen molar-refractivity contribution in [2.75, 3.05) is 31.2 Å². The van der Waals surface area contributed by atoms with E-state index < -0.39 is 5.91 Å². The van der Waals surface area contributed by atoms with Gasteiger partial charge in [0.25, 0.3) is 17.7 Å². The molecule has 10 heteroatoms. The van der Waals surface area contributed by atoms with Crippen LogP contribution in [0.15, 0.2) is 54.9 Å². The number of hydrogen-bond acceptors (Lipinski definition) is 7. The maximum absolute atomic E-state index is 12.7. The Hall–Kier alpha value is -3.92. The molecule has 190 valence electrons. The Morgan fingerprint density at radius 2 is 1.51 bits per heavy atom. The van der Waals surface area contributed by atoms with Crippen LogP contribution in [0.25, 0.3) is 0 Å². The number of rotatable bonds is 7. The van der Waals surface area contributed by atoms with E-state index in [1.165, 1.54) is 12.4 Å². The highest BCUT2D eigenvalue weighted by Gasteiger charge is 2.19. The van der Waals surface area contributed by atoms with Gasteiger partial charge >= 0.3 is 0 Å². The number of amides is 3. The topological polar surface area (TPSA) is 114 Å². The summed E-state index contributed by atoms with van der Waals surface area (Å²) in [6, 6.07) is 14.5. The lowest BCUT2D eigenvalue weighted by Gasteiger charge is -2.26. The molecular weight excluding hydrogens is 490 g/mol. The lowest BCUT2D eigenvalue weighted by Crippen LogP contribution is -2.37. The van der Waals surface area contributed by atoms with E-state index in [4.69, 9.17) is 4.74 Å². The summed E-state index contributed by atoms with van der Waals surface area (Å²) in [5.74, 6) is 2.05. The van der Waals surface area contributed by atoms with Crippen LogP contribution in [0, 0.1) is 0 Å². The van der Waals surface area contributed by atoms with E-state index in [-0.39, 0.29) is 29.7 Å². The summed E-state index contributed by atoms with van der Waals surface area (Å²) in [6.07, 6.45) is 2.07. The van der Waals surface area contributed by atoms with Crippen molar-refractivity contribution in [1.29, 1.82) is 0 Å². The van der Waals surface area contributed by atoms with Crippen molar-refractivity contribution in [3.8, 4) is 5.75 Å². The molecule has 0 unspecified atom stereocenters. The zero-order valence-electron chi connectivity index (χ0n) is 20.2. The fourth-order valence-corrected chi connectivity index (χ4v) is 5.12. The SMILES string of the molecule is O=C(NCc1ccc(C(=O)N2CCSCC2)cc1)c1cc(C(=O)NCc2ccc3c(c2)CCO3)ncn1. The first-order chi connectivity index (χ1) is 18.1. The van der Waals surface area contributed by atoms with Gasteiger partial charge in [0.15, 0.2) is 0 Å². The molecule has 2 N–H and O–H groups in total. The van der Waals surface area contributed by atoms with Crippen LogP contribution < -0.4 is 15.4 Å². The van der Waals surface area contributed by atoms with E-state index in [1.807, 2.05) is 47.0 Å². The molecule has 2 aliphatic heterocycles. The maximum Gasteiger partial charge on any atom is 0.270 e. The predicted molar refractivity (Wildman–Crippen MR) is 140 cm³/mol. The Kier molecular flexibility index (Phi) is 7.65. The minimum Gasteiger partial charge on any atom is -0.493 e. The number of nitrogens with zero attached hydrogens (tertiary/aromatic N) is 3. The summed E-state index contributed by atoms with van der Waals surface area (Å²) in [7, 11) is 0. The average molecular weight is 518 g/mol. The number of carbonyl (C=O) groups excluding carboxylic acids is 3. The molecule has 2 aromatic carbocycles. The summed E-state index contributed by atoms with van der Waals surface area (Å²) < 4.78 is 5.51. The van der Waals surface area contributed by atoms with Crippen LogP contribution in [0.4, 0.5) is 0 Å². The number of aromatic nitrogens is 2. The number of hydrogen-bond donors (Lipinski definition) is 2. The van der Waals surface area contributed by atoms with E-state index in [9.17, 15) is 14.4 Å². The molecule has 3 amide bonds. The van der Waals surface area contributed by atoms with Gasteiger partial charge in [-0.25, -0.2) is 9.97 Å². The minimum atomic E-state index is -0.416. The fraction of sp³-hybridized carbons (Fsp3) is 0.296. The molecule has 5 rings (SSSR count). The highest BCUT2D eigenvalue weighted by molar-refractivity contribution is 7.99. The van der Waals surface area contributed by atoms with Gasteiger partial charge in [-0.3, -0.25) is 14.4 Å². The third-order valence-electron chi connectivity index (χ3n) is 6.29. The molecule has 0 spiro atoms. The predicted octanol–water partition coefficient (Wildman–Crippen LogP) is 2.46. The Morgan fingerprint density at radius 3 is 2.22 bits per heavy atom. The highest BCUT2D eigenvalue weighted by atomic mass is 32.2. The first kappa shape index (κ1) is 24.8. The van der Waals surface area contributed by atoms with Crippen molar-refractivity contribution < 1.29 is 19.1 Å². The van der Waals surface area contributed by atoms with E-state index in [1.54, 1.807) is 12.1 Å². The van der Waals surface area contributed by atoms with Gasteiger partial charge in [0.1, 0.15) is 23.5 Å². The Morgan fingerprint density at radius 1 is 0.865 bits per heavy atom. The van der Waals surface area contributed by atoms with Crippen molar-refractivity contribution in [2.45, 2.75) is 19.5 Å². The van der Waals surface area contributed by atoms with E-state index in [0.29, 0.717) is 18.7 Å². The third kappa shape index (κ3) is 6.08. The van der Waals surface area contributed by atoms with Gasteiger partial charge in [0.2, 0.25) is 0 Å². The van der Waals surface area contributed by atoms with Crippen LogP contribution in [0.2, 0.25) is 0 Å². The second-order valence-corrected chi connectivity index (χ2v) is 10.0. The minimum absolute atomic E-state index is 0.0351. The molecule has 0 aliphatic carbocycles. The Bertz CT molecular complexity index is 1310. The molecule has 1 aromatic heterocycles. The van der Waals surface area contributed by atoms with Crippen molar-refractivity contribution in [2.24, 2.45) is 0 Å². The van der Waals surface area contributed by atoms with Crippen LogP contribution in [0.5, 0.6) is 5.75 Å². The van der Waals surface area contributed by atoms with E-state index in [2.05, 4.69) is 20.6 Å². The summed E-state index contributed by atoms with van der Waals surface area (Å²) in [5, 5.41) is 5.64. The molecule has 37 heavy (non-hydrogen) atoms. The Labute approximate surface area is 219 Å². The molecule has 3 aromatic rings. The molecule has 0 saturated carbocycles. The highest BCUT2D eigenvalue weighted by Crippen LogP contribution is 2.25. The molecule has 0 atom stereocenters. The number of fused-ring (bicyclic) bond motifs is 1. The summed E-state index contributed by atoms with van der Waals surface area (Å²) in [5.41, 5.74) is 3.81. The lowest BCUT2D eigenvalue weighted by molar-refractivity contribution is 0.0771. The van der Waals surface area contributed by atoms with Crippen molar-refractivity contribution in [3.05, 3.63) is 88.5 Å². The molecule has 3 heterocycles. The third-order valence-corrected chi connectivity index (χ3v) is 7.23. The first-order valence-corrected chi connectivity index (χ1v) is 13.3. The lowest BCUT2D eigenvalue weighted by atomic mass is 10.1. The van der Waals surface area contributed by atoms with Crippen molar-refractivity contribution in [3.63, 3.8) is 0 Å². The van der Waals surface area contributed by atoms with Gasteiger partial charge < -0.3 is 20.3 Å². The van der Waals surface area contributed by atoms with E-state index in [0.717, 1.165) is 53.5 Å². The van der Waals surface area contributed by atoms with Crippen molar-refractivity contribution in [1.82, 2.24) is 25.5 Å². The zero-order chi connectivity index (χ0) is 25.6. The molecule has 0 radical (unpaired) electrons. The largest absolute Gasteiger partial charge is 0.493 e. The molecule has 1 saturated heterocycles. The number of thioether (sulfide) groups is 1. The van der Waals surface area contributed by atoms with Gasteiger partial charge in [0, 0.05) is 55.7 Å². The summed E-state index contributed by atoms with van der Waals surface area (Å²) >= 11 is 1.86. The number of nitrogens with one attached hydrogen (secondary N) is 2. The monoisotopic (exact) mass is 517 g/mol. The van der Waals surface area contributed by atoms with Crippen LogP contribution >= 0.6 is 11.8 Å². The maximum atomic E-state index is 12.7. The van der Waals surface area contributed by atoms with Crippen LogP contribution in [-0.4, -0.2) is 63.8 Å². The normalized spacial score (nSPS) is 14.4. The van der Waals surface area contributed by atoms with Crippen LogP contribution in [0.1, 0.15) is 48.0 Å². The smallest absolute Gasteiger partial charge is 0.270 e. The number of benzene rings is 2. The molecule has 0 bridgehead atoms. The number of ether oxygens (including phenoxy) is 1. The first-order valence-electron chi connectivity index (χ1n) is 12.2.